The monoisotopic (exact) mass is 202 g/mol. The number of hydrogen-bond donors (Lipinski definition) is 0. The maximum absolute atomic E-state index is 12.3. The number of Topliss-reactive ketones (excluding diaryl/α,β-unsaturated/α-hetero) is 1. The first-order valence-corrected chi connectivity index (χ1v) is 6.33. The van der Waals surface area contributed by atoms with E-state index in [0.29, 0.717) is 5.78 Å². The van der Waals surface area contributed by atoms with Gasteiger partial charge in [-0.15, -0.1) is 0 Å². The zero-order valence-corrected chi connectivity index (χ0v) is 9.22. The van der Waals surface area contributed by atoms with Crippen molar-refractivity contribution >= 4 is 5.78 Å². The maximum atomic E-state index is 12.3. The molecule has 3 rings (SSSR count). The van der Waals surface area contributed by atoms with E-state index >= 15 is 0 Å². The van der Waals surface area contributed by atoms with Gasteiger partial charge in [0, 0.05) is 5.92 Å². The molecule has 1 fully saturated rings. The minimum atomic E-state index is 0.288. The summed E-state index contributed by atoms with van der Waals surface area (Å²) < 4.78 is 0. The zero-order valence-electron chi connectivity index (χ0n) is 9.22. The van der Waals surface area contributed by atoms with Crippen LogP contribution in [0.3, 0.4) is 0 Å². The number of rotatable bonds is 0. The van der Waals surface area contributed by atoms with E-state index in [9.17, 15) is 4.79 Å². The van der Waals surface area contributed by atoms with Gasteiger partial charge in [0.05, 0.1) is 0 Å². The van der Waals surface area contributed by atoms with Gasteiger partial charge in [0.2, 0.25) is 0 Å². The summed E-state index contributed by atoms with van der Waals surface area (Å²) in [5.41, 5.74) is 4.03. The lowest BCUT2D eigenvalue weighted by Crippen LogP contribution is -2.27. The Kier molecular flexibility index (Phi) is 2.27. The number of hydrogen-bond acceptors (Lipinski definition) is 1. The number of fused-ring (bicyclic) bond motifs is 1. The van der Waals surface area contributed by atoms with Gasteiger partial charge in [0.25, 0.3) is 0 Å². The summed E-state index contributed by atoms with van der Waals surface area (Å²) in [5, 5.41) is 0. The minimum Gasteiger partial charge on any atom is -0.294 e. The maximum Gasteiger partial charge on any atom is 0.166 e. The van der Waals surface area contributed by atoms with E-state index in [-0.39, 0.29) is 5.92 Å². The molecule has 0 aliphatic heterocycles. The van der Waals surface area contributed by atoms with E-state index in [4.69, 9.17) is 0 Å². The summed E-state index contributed by atoms with van der Waals surface area (Å²) in [6.45, 7) is 0. The largest absolute Gasteiger partial charge is 0.294 e. The number of carbonyl (C=O) groups is 1. The second-order valence-corrected chi connectivity index (χ2v) is 5.09. The van der Waals surface area contributed by atoms with Crippen molar-refractivity contribution in [3.63, 3.8) is 0 Å². The quantitative estimate of drug-likeness (QED) is 0.587. The molecule has 0 radical (unpaired) electrons. The van der Waals surface area contributed by atoms with Crippen LogP contribution in [0.15, 0.2) is 22.8 Å². The molecule has 1 nitrogen and oxygen atoms in total. The summed E-state index contributed by atoms with van der Waals surface area (Å²) in [4.78, 5) is 12.3. The average Bonchev–Trinajstić information content (AvgIpc) is 2.30. The topological polar surface area (TPSA) is 17.1 Å². The van der Waals surface area contributed by atoms with Crippen molar-refractivity contribution in [3.05, 3.63) is 22.8 Å². The first kappa shape index (κ1) is 9.38. The lowest BCUT2D eigenvalue weighted by Gasteiger charge is -2.32. The third-order valence-corrected chi connectivity index (χ3v) is 4.14. The van der Waals surface area contributed by atoms with Crippen LogP contribution in [0.2, 0.25) is 0 Å². The Balaban J connectivity index is 1.99. The fourth-order valence-corrected chi connectivity index (χ4v) is 3.31. The molecular weight excluding hydrogens is 184 g/mol. The van der Waals surface area contributed by atoms with Gasteiger partial charge in [0.1, 0.15) is 0 Å². The van der Waals surface area contributed by atoms with Crippen molar-refractivity contribution in [1.29, 1.82) is 0 Å². The van der Waals surface area contributed by atoms with Crippen LogP contribution in [0.25, 0.3) is 0 Å². The predicted molar refractivity (Wildman–Crippen MR) is 60.5 cm³/mol. The van der Waals surface area contributed by atoms with Gasteiger partial charge in [-0.05, 0) is 56.1 Å². The highest BCUT2D eigenvalue weighted by atomic mass is 16.1. The second kappa shape index (κ2) is 3.62. The Hall–Kier alpha value is -0.850. The Labute approximate surface area is 91.2 Å². The lowest BCUT2D eigenvalue weighted by molar-refractivity contribution is -0.119. The molecule has 0 N–H and O–H groups in total. The average molecular weight is 202 g/mol. The lowest BCUT2D eigenvalue weighted by atomic mass is 9.71. The van der Waals surface area contributed by atoms with E-state index in [1.54, 1.807) is 0 Å². The number of ketones is 1. The molecule has 3 aliphatic rings. The van der Waals surface area contributed by atoms with Crippen molar-refractivity contribution in [2.75, 3.05) is 0 Å². The van der Waals surface area contributed by atoms with Crippen LogP contribution in [0.1, 0.15) is 51.4 Å². The second-order valence-electron chi connectivity index (χ2n) is 5.09. The van der Waals surface area contributed by atoms with Crippen LogP contribution in [-0.4, -0.2) is 5.78 Å². The van der Waals surface area contributed by atoms with E-state index in [2.05, 4.69) is 6.08 Å². The molecule has 0 spiro atoms. The predicted octanol–water partition coefficient (Wildman–Crippen LogP) is 3.56. The molecule has 1 unspecified atom stereocenters. The van der Waals surface area contributed by atoms with E-state index in [0.717, 1.165) is 19.3 Å². The SMILES string of the molecule is O=C1C2=C(C=C3CCCCC13)CCCC2. The Morgan fingerprint density at radius 3 is 2.73 bits per heavy atom. The van der Waals surface area contributed by atoms with Gasteiger partial charge in [-0.1, -0.05) is 18.1 Å². The van der Waals surface area contributed by atoms with Crippen molar-refractivity contribution in [1.82, 2.24) is 0 Å². The Morgan fingerprint density at radius 2 is 1.80 bits per heavy atom. The van der Waals surface area contributed by atoms with Gasteiger partial charge >= 0.3 is 0 Å². The number of carbonyl (C=O) groups excluding carboxylic acids is 1. The molecule has 0 aromatic carbocycles. The molecule has 1 heteroatoms. The van der Waals surface area contributed by atoms with Crippen LogP contribution >= 0.6 is 0 Å². The first-order valence-electron chi connectivity index (χ1n) is 6.33. The minimum absolute atomic E-state index is 0.288. The fraction of sp³-hybridized carbons (Fsp3) is 0.643. The summed E-state index contributed by atoms with van der Waals surface area (Å²) in [6.07, 6.45) is 11.9. The van der Waals surface area contributed by atoms with Crippen LogP contribution in [-0.2, 0) is 4.79 Å². The molecule has 1 atom stereocenters. The zero-order chi connectivity index (χ0) is 10.3. The summed E-state index contributed by atoms with van der Waals surface area (Å²) in [7, 11) is 0. The Bertz CT molecular complexity index is 360. The number of allylic oxidation sites excluding steroid dienone is 4. The highest BCUT2D eigenvalue weighted by Crippen LogP contribution is 2.40. The van der Waals surface area contributed by atoms with Crippen molar-refractivity contribution in [3.8, 4) is 0 Å². The first-order chi connectivity index (χ1) is 7.36. The van der Waals surface area contributed by atoms with Gasteiger partial charge < -0.3 is 0 Å². The van der Waals surface area contributed by atoms with Gasteiger partial charge in [0.15, 0.2) is 5.78 Å². The van der Waals surface area contributed by atoms with Gasteiger partial charge in [-0.25, -0.2) is 0 Å². The molecule has 15 heavy (non-hydrogen) atoms. The molecule has 0 bridgehead atoms. The van der Waals surface area contributed by atoms with Gasteiger partial charge in [-0.3, -0.25) is 4.79 Å². The molecule has 0 aromatic rings. The highest BCUT2D eigenvalue weighted by Gasteiger charge is 2.33. The van der Waals surface area contributed by atoms with E-state index in [1.807, 2.05) is 0 Å². The Morgan fingerprint density at radius 1 is 1.00 bits per heavy atom. The molecule has 0 aromatic heterocycles. The standard InChI is InChI=1S/C14H18O/c15-14-12-7-3-1-5-10(12)9-11-6-2-4-8-13(11)14/h9,12H,1-8H2. The summed E-state index contributed by atoms with van der Waals surface area (Å²) in [6, 6.07) is 0. The molecule has 0 heterocycles. The highest BCUT2D eigenvalue weighted by molar-refractivity contribution is 6.01. The fourth-order valence-electron chi connectivity index (χ4n) is 3.31. The van der Waals surface area contributed by atoms with Crippen LogP contribution < -0.4 is 0 Å². The van der Waals surface area contributed by atoms with E-state index < -0.39 is 0 Å². The smallest absolute Gasteiger partial charge is 0.166 e. The van der Waals surface area contributed by atoms with Crippen LogP contribution in [0, 0.1) is 5.92 Å². The van der Waals surface area contributed by atoms with Gasteiger partial charge in [-0.2, -0.15) is 0 Å². The third-order valence-electron chi connectivity index (χ3n) is 4.14. The van der Waals surface area contributed by atoms with Crippen molar-refractivity contribution in [2.24, 2.45) is 5.92 Å². The molecule has 0 amide bonds. The van der Waals surface area contributed by atoms with Crippen molar-refractivity contribution in [2.45, 2.75) is 51.4 Å². The molecule has 3 aliphatic carbocycles. The molecule has 0 saturated heterocycles. The van der Waals surface area contributed by atoms with E-state index in [1.165, 1.54) is 48.8 Å². The van der Waals surface area contributed by atoms with Crippen molar-refractivity contribution < 1.29 is 4.79 Å². The normalized spacial score (nSPS) is 30.8. The molecule has 1 saturated carbocycles. The van der Waals surface area contributed by atoms with Crippen LogP contribution in [0.5, 0.6) is 0 Å². The van der Waals surface area contributed by atoms with Crippen LogP contribution in [0.4, 0.5) is 0 Å². The molecular formula is C14H18O. The third kappa shape index (κ3) is 1.49. The summed E-state index contributed by atoms with van der Waals surface area (Å²) >= 11 is 0. The molecule has 80 valence electrons. The summed E-state index contributed by atoms with van der Waals surface area (Å²) in [5.74, 6) is 0.775.